The number of carbonyl (C=O) groups excluding carboxylic acids is 1. The smallest absolute Gasteiger partial charge is 0.249 e. The Labute approximate surface area is 227 Å². The van der Waals surface area contributed by atoms with Gasteiger partial charge in [0, 0.05) is 12.6 Å². The molecule has 15 N–H and O–H groups in total. The minimum atomic E-state index is -1.48. The van der Waals surface area contributed by atoms with Gasteiger partial charge < -0.3 is 78.0 Å². The second-order valence-corrected chi connectivity index (χ2v) is 10.4. The predicted molar refractivity (Wildman–Crippen MR) is 135 cm³/mol. The molecule has 2 saturated heterocycles. The third-order valence-corrected chi connectivity index (χ3v) is 7.65. The van der Waals surface area contributed by atoms with Crippen molar-refractivity contribution in [1.82, 2.24) is 10.6 Å². The van der Waals surface area contributed by atoms with Gasteiger partial charge in [0.1, 0.15) is 42.7 Å². The highest BCUT2D eigenvalue weighted by molar-refractivity contribution is 5.80. The highest BCUT2D eigenvalue weighted by Gasteiger charge is 2.51. The molecule has 3 aliphatic rings. The van der Waals surface area contributed by atoms with Gasteiger partial charge in [-0.15, -0.1) is 0 Å². The number of nitrogens with two attached hydrogens (primary N) is 4. The number of aliphatic hydroxyl groups excluding tert-OH is 5. The molecule has 0 aromatic carbocycles. The Hall–Kier alpha value is -1.09. The number of aliphatic hydroxyl groups is 5. The molecule has 2 heterocycles. The first-order chi connectivity index (χ1) is 18.6. The summed E-state index contributed by atoms with van der Waals surface area (Å²) in [4.78, 5) is 12.6. The molecule has 3 fully saturated rings. The normalized spacial score (nSPS) is 44.1. The van der Waals surface area contributed by atoms with Crippen molar-refractivity contribution < 1.29 is 49.3 Å². The molecule has 3 rings (SSSR count). The zero-order chi connectivity index (χ0) is 28.9. The molecule has 0 aromatic heterocycles. The molecule has 16 nitrogen and oxygen atoms in total. The van der Waals surface area contributed by atoms with E-state index in [9.17, 15) is 30.3 Å². The van der Waals surface area contributed by atoms with E-state index in [4.69, 9.17) is 41.9 Å². The topological polar surface area (TPSA) is 283 Å². The maximum absolute atomic E-state index is 12.6. The number of likely N-dealkylation sites (N-methyl/N-ethyl adjacent to an activating group) is 1. The van der Waals surface area contributed by atoms with Crippen LogP contribution in [0.4, 0.5) is 0 Å². The van der Waals surface area contributed by atoms with Crippen molar-refractivity contribution in [1.29, 1.82) is 0 Å². The van der Waals surface area contributed by atoms with Crippen molar-refractivity contribution in [2.24, 2.45) is 22.9 Å². The fourth-order valence-corrected chi connectivity index (χ4v) is 5.34. The van der Waals surface area contributed by atoms with E-state index >= 15 is 0 Å². The molecule has 2 aliphatic heterocycles. The van der Waals surface area contributed by atoms with Crippen molar-refractivity contribution in [3.05, 3.63) is 0 Å². The number of nitrogens with one attached hydrogen (secondary N) is 2. The van der Waals surface area contributed by atoms with E-state index in [0.717, 1.165) is 0 Å². The first kappa shape index (κ1) is 32.4. The van der Waals surface area contributed by atoms with Gasteiger partial charge in [0.25, 0.3) is 0 Å². The summed E-state index contributed by atoms with van der Waals surface area (Å²) in [6.45, 7) is -0.236. The summed E-state index contributed by atoms with van der Waals surface area (Å²) >= 11 is 0. The van der Waals surface area contributed by atoms with Crippen molar-refractivity contribution in [2.75, 3.05) is 26.7 Å². The minimum absolute atomic E-state index is 0.00794. The Balaban J connectivity index is 1.84. The highest BCUT2D eigenvalue weighted by atomic mass is 16.7. The number of rotatable bonds is 11. The van der Waals surface area contributed by atoms with Crippen molar-refractivity contribution >= 4 is 5.91 Å². The molecule has 1 aliphatic carbocycles. The number of ether oxygens (including phenoxy) is 4. The van der Waals surface area contributed by atoms with Crippen LogP contribution in [-0.2, 0) is 23.7 Å². The summed E-state index contributed by atoms with van der Waals surface area (Å²) in [6, 6.07) is -3.20. The molecule has 1 amide bonds. The first-order valence-corrected chi connectivity index (χ1v) is 13.4. The van der Waals surface area contributed by atoms with Crippen molar-refractivity contribution in [3.63, 3.8) is 0 Å². The summed E-state index contributed by atoms with van der Waals surface area (Å²) in [7, 11) is 1.51. The fourth-order valence-electron chi connectivity index (χ4n) is 5.34. The maximum atomic E-state index is 12.6. The lowest BCUT2D eigenvalue weighted by atomic mass is 9.83. The summed E-state index contributed by atoms with van der Waals surface area (Å²) < 4.78 is 23.5. The molecular formula is C23H46N6O10. The quantitative estimate of drug-likeness (QED) is 0.111. The lowest BCUT2D eigenvalue weighted by Gasteiger charge is -2.48. The molecule has 0 aromatic rings. The second kappa shape index (κ2) is 14.7. The number of hydrogen-bond donors (Lipinski definition) is 11. The second-order valence-electron chi connectivity index (χ2n) is 10.4. The van der Waals surface area contributed by atoms with Crippen LogP contribution in [0.1, 0.15) is 25.7 Å². The standard InChI is InChI=1S/C23H46N6O10/c1-28-15-16(32)14(8-30)37-23(17(15)33)39-20-12(29-21(35)13(31)4-5-24)6-11(27)19(18(20)34)38-22-10(26)3-2-9(7-25)36-22/h9-20,22-23,28,30-34H,2-8,24-27H2,1H3,(H,29,35)/t9-,10+,11-,12+,13-,14+,15-,16+,17+,18+,19+,20-,22+,23+/m0/s1. The van der Waals surface area contributed by atoms with E-state index in [1.54, 1.807) is 0 Å². The number of amides is 1. The van der Waals surface area contributed by atoms with Crippen LogP contribution in [0.2, 0.25) is 0 Å². The molecule has 0 radical (unpaired) electrons. The number of carbonyl (C=O) groups is 1. The first-order valence-electron chi connectivity index (χ1n) is 13.4. The van der Waals surface area contributed by atoms with Gasteiger partial charge in [-0.2, -0.15) is 0 Å². The van der Waals surface area contributed by atoms with E-state index in [1.807, 2.05) is 0 Å². The Bertz CT molecular complexity index is 773. The summed E-state index contributed by atoms with van der Waals surface area (Å²) in [6.07, 6.45) is -10.3. The van der Waals surface area contributed by atoms with E-state index in [-0.39, 0.29) is 32.0 Å². The summed E-state index contributed by atoms with van der Waals surface area (Å²) in [5.41, 5.74) is 23.8. The number of hydrogen-bond acceptors (Lipinski definition) is 15. The van der Waals surface area contributed by atoms with Crippen molar-refractivity contribution in [3.8, 4) is 0 Å². The molecule has 16 heteroatoms. The van der Waals surface area contributed by atoms with Crippen LogP contribution >= 0.6 is 0 Å². The molecule has 228 valence electrons. The van der Waals surface area contributed by atoms with Gasteiger partial charge in [-0.1, -0.05) is 0 Å². The third-order valence-electron chi connectivity index (χ3n) is 7.65. The molecule has 0 unspecified atom stereocenters. The van der Waals surface area contributed by atoms with E-state index in [2.05, 4.69) is 10.6 Å². The van der Waals surface area contributed by atoms with Crippen LogP contribution in [0.15, 0.2) is 0 Å². The van der Waals surface area contributed by atoms with Crippen molar-refractivity contribution in [2.45, 2.75) is 111 Å². The van der Waals surface area contributed by atoms with Gasteiger partial charge in [-0.25, -0.2) is 0 Å². The largest absolute Gasteiger partial charge is 0.394 e. The maximum Gasteiger partial charge on any atom is 0.249 e. The Morgan fingerprint density at radius 1 is 1.00 bits per heavy atom. The monoisotopic (exact) mass is 566 g/mol. The molecule has 0 spiro atoms. The lowest BCUT2D eigenvalue weighted by molar-refractivity contribution is -0.315. The van der Waals surface area contributed by atoms with Gasteiger partial charge in [0.05, 0.1) is 30.8 Å². The van der Waals surface area contributed by atoms with Gasteiger partial charge in [0.2, 0.25) is 5.91 Å². The summed E-state index contributed by atoms with van der Waals surface area (Å²) in [5.74, 6) is -0.747. The molecule has 39 heavy (non-hydrogen) atoms. The van der Waals surface area contributed by atoms with E-state index in [1.165, 1.54) is 7.05 Å². The van der Waals surface area contributed by atoms with Crippen LogP contribution in [0.25, 0.3) is 0 Å². The van der Waals surface area contributed by atoms with Crippen LogP contribution in [0.5, 0.6) is 0 Å². The minimum Gasteiger partial charge on any atom is -0.394 e. The molecule has 0 bridgehead atoms. The van der Waals surface area contributed by atoms with Gasteiger partial charge in [-0.05, 0) is 39.3 Å². The molecule has 14 atom stereocenters. The third kappa shape index (κ3) is 7.60. The van der Waals surface area contributed by atoms with Gasteiger partial charge in [0.15, 0.2) is 12.6 Å². The average molecular weight is 567 g/mol. The fraction of sp³-hybridized carbons (Fsp3) is 0.957. The van der Waals surface area contributed by atoms with Crippen LogP contribution < -0.4 is 33.6 Å². The zero-order valence-electron chi connectivity index (χ0n) is 22.1. The molecule has 1 saturated carbocycles. The van der Waals surface area contributed by atoms with Crippen LogP contribution in [0, 0.1) is 0 Å². The Morgan fingerprint density at radius 2 is 1.69 bits per heavy atom. The highest BCUT2D eigenvalue weighted by Crippen LogP contribution is 2.31. The molecular weight excluding hydrogens is 520 g/mol. The Morgan fingerprint density at radius 3 is 2.31 bits per heavy atom. The van der Waals surface area contributed by atoms with E-state index < -0.39 is 92.0 Å². The van der Waals surface area contributed by atoms with E-state index in [0.29, 0.717) is 12.8 Å². The Kier molecular flexibility index (Phi) is 12.2. The van der Waals surface area contributed by atoms with Gasteiger partial charge in [-0.3, -0.25) is 4.79 Å². The van der Waals surface area contributed by atoms with Crippen LogP contribution in [0.3, 0.4) is 0 Å². The summed E-state index contributed by atoms with van der Waals surface area (Å²) in [5, 5.41) is 57.9. The lowest BCUT2D eigenvalue weighted by Crippen LogP contribution is -2.69. The predicted octanol–water partition coefficient (Wildman–Crippen LogP) is -6.14. The zero-order valence-corrected chi connectivity index (χ0v) is 22.1. The van der Waals surface area contributed by atoms with Gasteiger partial charge >= 0.3 is 0 Å². The van der Waals surface area contributed by atoms with Crippen LogP contribution in [-0.4, -0.2) is 144 Å². The SMILES string of the molecule is CN[C@@H]1[C@@H](O)[C@@H](O[C@@H]2[C@H](O)[C@H](O[C@H]3O[C@H](CN)CC[C@H]3N)[C@@H](N)C[C@H]2NC(=O)[C@@H](O)CCN)O[C@H](CO)[C@H]1O. The average Bonchev–Trinajstić information content (AvgIpc) is 2.91.